The first-order chi connectivity index (χ1) is 19.3. The Bertz CT molecular complexity index is 1610. The average molecular weight is 545 g/mol. The van der Waals surface area contributed by atoms with Crippen LogP contribution in [0.3, 0.4) is 0 Å². The lowest BCUT2D eigenvalue weighted by molar-refractivity contribution is 0.478. The molecule has 0 saturated heterocycles. The molecule has 0 amide bonds. The highest BCUT2D eigenvalue weighted by Crippen LogP contribution is 2.35. The molecule has 0 N–H and O–H groups in total. The summed E-state index contributed by atoms with van der Waals surface area (Å²) >= 11 is 0. The molecule has 0 aliphatic heterocycles. The summed E-state index contributed by atoms with van der Waals surface area (Å²) in [7, 11) is 0. The van der Waals surface area contributed by atoms with Crippen molar-refractivity contribution in [2.75, 3.05) is 0 Å². The molecule has 0 aliphatic rings. The van der Waals surface area contributed by atoms with E-state index in [1.165, 1.54) is 27.6 Å². The van der Waals surface area contributed by atoms with E-state index in [1.54, 1.807) is 0 Å². The third kappa shape index (κ3) is 7.79. The SMILES string of the molecule is Cc1ccc(C(C)(C)C)cc1Oc1ccc(C)c2ccccc12.Cc1ccc(Oc2cccc(C(C)(C)C)c2)cc1. The van der Waals surface area contributed by atoms with Gasteiger partial charge in [0.05, 0.1) is 0 Å². The first kappa shape index (κ1) is 29.9. The van der Waals surface area contributed by atoms with Crippen LogP contribution in [-0.4, -0.2) is 0 Å². The highest BCUT2D eigenvalue weighted by molar-refractivity contribution is 5.91. The van der Waals surface area contributed by atoms with Crippen molar-refractivity contribution in [1.82, 2.24) is 0 Å². The highest BCUT2D eigenvalue weighted by atomic mass is 16.5. The molecule has 0 aliphatic carbocycles. The summed E-state index contributed by atoms with van der Waals surface area (Å²) in [6.45, 7) is 19.6. The number of benzene rings is 5. The molecule has 0 atom stereocenters. The molecule has 212 valence electrons. The Morgan fingerprint density at radius 1 is 0.439 bits per heavy atom. The predicted molar refractivity (Wildman–Crippen MR) is 175 cm³/mol. The van der Waals surface area contributed by atoms with E-state index in [1.807, 2.05) is 24.3 Å². The fraction of sp³-hybridized carbons (Fsp3) is 0.282. The molecule has 0 unspecified atom stereocenters. The van der Waals surface area contributed by atoms with Crippen molar-refractivity contribution >= 4 is 10.8 Å². The van der Waals surface area contributed by atoms with Crippen LogP contribution in [0.15, 0.2) is 103 Å². The van der Waals surface area contributed by atoms with Crippen LogP contribution in [0.5, 0.6) is 23.0 Å². The molecule has 2 heteroatoms. The van der Waals surface area contributed by atoms with Gasteiger partial charge in [-0.15, -0.1) is 0 Å². The van der Waals surface area contributed by atoms with E-state index < -0.39 is 0 Å². The van der Waals surface area contributed by atoms with Gasteiger partial charge in [0, 0.05) is 5.39 Å². The third-order valence-electron chi connectivity index (χ3n) is 7.33. The maximum atomic E-state index is 6.31. The molecule has 0 fully saturated rings. The first-order valence-corrected chi connectivity index (χ1v) is 14.4. The number of ether oxygens (including phenoxy) is 2. The van der Waals surface area contributed by atoms with Crippen LogP contribution in [0, 0.1) is 20.8 Å². The quantitative estimate of drug-likeness (QED) is 0.224. The van der Waals surface area contributed by atoms with Gasteiger partial charge in [-0.2, -0.15) is 0 Å². The lowest BCUT2D eigenvalue weighted by Crippen LogP contribution is -2.11. The summed E-state index contributed by atoms with van der Waals surface area (Å²) < 4.78 is 12.2. The van der Waals surface area contributed by atoms with Crippen molar-refractivity contribution < 1.29 is 9.47 Å². The fourth-order valence-electron chi connectivity index (χ4n) is 4.57. The molecule has 41 heavy (non-hydrogen) atoms. The van der Waals surface area contributed by atoms with Crippen LogP contribution < -0.4 is 9.47 Å². The van der Waals surface area contributed by atoms with Gasteiger partial charge in [0.1, 0.15) is 23.0 Å². The number of fused-ring (bicyclic) bond motifs is 1. The summed E-state index contributed by atoms with van der Waals surface area (Å²) in [6, 6.07) is 35.5. The van der Waals surface area contributed by atoms with Gasteiger partial charge >= 0.3 is 0 Å². The largest absolute Gasteiger partial charge is 0.457 e. The zero-order chi connectivity index (χ0) is 29.8. The topological polar surface area (TPSA) is 18.5 Å². The second-order valence-electron chi connectivity index (χ2n) is 13.0. The molecular weight excluding hydrogens is 500 g/mol. The molecular formula is C39H44O2. The van der Waals surface area contributed by atoms with Gasteiger partial charge in [0.15, 0.2) is 0 Å². The minimum atomic E-state index is 0.112. The Morgan fingerprint density at radius 3 is 1.71 bits per heavy atom. The van der Waals surface area contributed by atoms with Crippen molar-refractivity contribution in [3.8, 4) is 23.0 Å². The lowest BCUT2D eigenvalue weighted by atomic mass is 9.86. The number of aryl methyl sites for hydroxylation is 3. The second kappa shape index (κ2) is 12.2. The second-order valence-corrected chi connectivity index (χ2v) is 13.0. The van der Waals surface area contributed by atoms with Crippen LogP contribution in [0.2, 0.25) is 0 Å². The Labute approximate surface area is 247 Å². The van der Waals surface area contributed by atoms with E-state index in [0.29, 0.717) is 0 Å². The van der Waals surface area contributed by atoms with Gasteiger partial charge in [0.25, 0.3) is 0 Å². The molecule has 0 bridgehead atoms. The standard InChI is InChI=1S/C22H24O.C17H20O/c1-15-11-13-20(19-9-7-6-8-18(15)19)23-21-14-17(22(3,4)5)12-10-16(21)2;1-13-8-10-15(11-9-13)18-16-7-5-6-14(12-16)17(2,3)4/h6-14H,1-5H3;5-12H,1-4H3. The summed E-state index contributed by atoms with van der Waals surface area (Å²) in [5.41, 5.74) is 6.50. The minimum Gasteiger partial charge on any atom is -0.457 e. The summed E-state index contributed by atoms with van der Waals surface area (Å²) in [6.07, 6.45) is 0. The maximum Gasteiger partial charge on any atom is 0.135 e. The molecule has 0 radical (unpaired) electrons. The van der Waals surface area contributed by atoms with E-state index >= 15 is 0 Å². The van der Waals surface area contributed by atoms with Gasteiger partial charge in [-0.05, 0) is 95.6 Å². The number of hydrogen-bond acceptors (Lipinski definition) is 2. The van der Waals surface area contributed by atoms with Crippen LogP contribution in [-0.2, 0) is 10.8 Å². The van der Waals surface area contributed by atoms with Crippen molar-refractivity contribution in [2.24, 2.45) is 0 Å². The van der Waals surface area contributed by atoms with Crippen molar-refractivity contribution in [3.63, 3.8) is 0 Å². The smallest absolute Gasteiger partial charge is 0.135 e. The zero-order valence-electron chi connectivity index (χ0n) is 26.1. The Morgan fingerprint density at radius 2 is 1.05 bits per heavy atom. The Hall–Kier alpha value is -4.04. The van der Waals surface area contributed by atoms with Crippen LogP contribution >= 0.6 is 0 Å². The van der Waals surface area contributed by atoms with E-state index in [2.05, 4.69) is 141 Å². The Kier molecular flexibility index (Phi) is 8.92. The van der Waals surface area contributed by atoms with E-state index in [4.69, 9.17) is 9.47 Å². The molecule has 0 heterocycles. The monoisotopic (exact) mass is 544 g/mol. The third-order valence-corrected chi connectivity index (χ3v) is 7.33. The van der Waals surface area contributed by atoms with E-state index in [-0.39, 0.29) is 10.8 Å². The van der Waals surface area contributed by atoms with Gasteiger partial charge in [0.2, 0.25) is 0 Å². The van der Waals surface area contributed by atoms with Gasteiger partial charge in [-0.3, -0.25) is 0 Å². The molecule has 0 spiro atoms. The number of rotatable bonds is 4. The summed E-state index contributed by atoms with van der Waals surface area (Å²) in [5, 5.41) is 2.41. The molecule has 5 rings (SSSR count). The van der Waals surface area contributed by atoms with Crippen LogP contribution in [0.4, 0.5) is 0 Å². The minimum absolute atomic E-state index is 0.112. The zero-order valence-corrected chi connectivity index (χ0v) is 26.1. The fourth-order valence-corrected chi connectivity index (χ4v) is 4.57. The normalized spacial score (nSPS) is 11.5. The Balaban J connectivity index is 0.000000195. The molecule has 5 aromatic rings. The molecule has 5 aromatic carbocycles. The van der Waals surface area contributed by atoms with Gasteiger partial charge in [-0.1, -0.05) is 114 Å². The molecule has 2 nitrogen and oxygen atoms in total. The van der Waals surface area contributed by atoms with Crippen LogP contribution in [0.25, 0.3) is 10.8 Å². The summed E-state index contributed by atoms with van der Waals surface area (Å²) in [4.78, 5) is 0. The van der Waals surface area contributed by atoms with E-state index in [9.17, 15) is 0 Å². The lowest BCUT2D eigenvalue weighted by Gasteiger charge is -2.21. The van der Waals surface area contributed by atoms with Crippen molar-refractivity contribution in [3.05, 3.63) is 131 Å². The average Bonchev–Trinajstić information content (AvgIpc) is 2.92. The predicted octanol–water partition coefficient (Wildman–Crippen LogP) is 11.6. The molecule has 0 saturated carbocycles. The summed E-state index contributed by atoms with van der Waals surface area (Å²) in [5.74, 6) is 3.63. The molecule has 0 aromatic heterocycles. The van der Waals surface area contributed by atoms with Crippen LogP contribution in [0.1, 0.15) is 69.4 Å². The highest BCUT2D eigenvalue weighted by Gasteiger charge is 2.16. The van der Waals surface area contributed by atoms with E-state index in [0.717, 1.165) is 33.9 Å². The van der Waals surface area contributed by atoms with Gasteiger partial charge in [-0.25, -0.2) is 0 Å². The number of hydrogen-bond donors (Lipinski definition) is 0. The van der Waals surface area contributed by atoms with Crippen molar-refractivity contribution in [2.45, 2.75) is 73.1 Å². The van der Waals surface area contributed by atoms with Crippen molar-refractivity contribution in [1.29, 1.82) is 0 Å². The first-order valence-electron chi connectivity index (χ1n) is 14.4. The maximum absolute atomic E-state index is 6.31. The van der Waals surface area contributed by atoms with Gasteiger partial charge < -0.3 is 9.47 Å².